The highest BCUT2D eigenvalue weighted by Gasteiger charge is 2.30. The van der Waals surface area contributed by atoms with Gasteiger partial charge in [0.2, 0.25) is 11.8 Å². The molecule has 0 saturated heterocycles. The third kappa shape index (κ3) is 8.31. The molecule has 4 rings (SSSR count). The molecule has 3 aromatic rings. The summed E-state index contributed by atoms with van der Waals surface area (Å²) in [5.74, 6) is -2.44. The number of carboxylic acids is 1. The smallest absolute Gasteiger partial charge is 0.341 e. The number of carboxylic acid groups (broad SMARTS) is 1. The Morgan fingerprint density at radius 1 is 1.07 bits per heavy atom. The van der Waals surface area contributed by atoms with Crippen LogP contribution in [0.25, 0.3) is 0 Å². The molecule has 1 aliphatic rings. The number of amides is 2. The van der Waals surface area contributed by atoms with Gasteiger partial charge in [-0.2, -0.15) is 0 Å². The van der Waals surface area contributed by atoms with Gasteiger partial charge in [0.25, 0.3) is 0 Å². The highest BCUT2D eigenvalue weighted by atomic mass is 32.2. The summed E-state index contributed by atoms with van der Waals surface area (Å²) in [6.07, 6.45) is 2.92. The van der Waals surface area contributed by atoms with Gasteiger partial charge < -0.3 is 20.5 Å². The zero-order valence-corrected chi connectivity index (χ0v) is 25.1. The number of esters is 1. The van der Waals surface area contributed by atoms with E-state index < -0.39 is 23.1 Å². The zero-order chi connectivity index (χ0) is 30.1. The van der Waals surface area contributed by atoms with E-state index in [-0.39, 0.29) is 12.5 Å². The van der Waals surface area contributed by atoms with E-state index >= 15 is 0 Å². The van der Waals surface area contributed by atoms with Crippen molar-refractivity contribution in [2.75, 3.05) is 23.8 Å². The van der Waals surface area contributed by atoms with Crippen molar-refractivity contribution in [3.8, 4) is 0 Å². The minimum Gasteiger partial charge on any atom is -0.478 e. The van der Waals surface area contributed by atoms with Crippen molar-refractivity contribution in [2.45, 2.75) is 49.9 Å². The quantitative estimate of drug-likeness (QED) is 0.139. The van der Waals surface area contributed by atoms with Crippen LogP contribution in [0.3, 0.4) is 0 Å². The first kappa shape index (κ1) is 31.0. The van der Waals surface area contributed by atoms with Gasteiger partial charge in [-0.25, -0.2) is 9.59 Å². The van der Waals surface area contributed by atoms with Gasteiger partial charge in [-0.1, -0.05) is 43.3 Å². The zero-order valence-electron chi connectivity index (χ0n) is 23.4. The first-order valence-electron chi connectivity index (χ1n) is 13.6. The van der Waals surface area contributed by atoms with Crippen LogP contribution < -0.4 is 10.6 Å². The van der Waals surface area contributed by atoms with Crippen LogP contribution in [0.4, 0.5) is 10.7 Å². The molecule has 0 fully saturated rings. The van der Waals surface area contributed by atoms with Crippen molar-refractivity contribution >= 4 is 57.5 Å². The van der Waals surface area contributed by atoms with Gasteiger partial charge in [-0.3, -0.25) is 14.5 Å². The fourth-order valence-electron chi connectivity index (χ4n) is 4.60. The number of hydrogen-bond donors (Lipinski definition) is 3. The fraction of sp³-hybridized carbons (Fsp3) is 0.290. The Hall–Kier alpha value is -3.93. The number of thioether (sulfide) groups is 1. The Bertz CT molecular complexity index is 1470. The fourth-order valence-corrected chi connectivity index (χ4v) is 6.89. The molecule has 42 heavy (non-hydrogen) atoms. The van der Waals surface area contributed by atoms with Gasteiger partial charge >= 0.3 is 11.9 Å². The van der Waals surface area contributed by atoms with E-state index in [1.54, 1.807) is 25.1 Å². The van der Waals surface area contributed by atoms with E-state index in [1.807, 2.05) is 31.2 Å². The Balaban J connectivity index is 1.48. The number of ether oxygens (including phenoxy) is 1. The SMILES string of the molecule is CCOC(=O)c1c(NC(=O)C(CC)Sc2cccc(NC(=O)/C=C/C(=O)O)c2)sc2c1CCN(Cc1ccccc1)C2. The number of aliphatic carboxylic acids is 1. The highest BCUT2D eigenvalue weighted by Crippen LogP contribution is 2.39. The summed E-state index contributed by atoms with van der Waals surface area (Å²) in [4.78, 5) is 53.3. The second-order valence-electron chi connectivity index (χ2n) is 9.57. The molecule has 1 atom stereocenters. The predicted octanol–water partition coefficient (Wildman–Crippen LogP) is 5.57. The molecule has 2 aromatic carbocycles. The number of benzene rings is 2. The van der Waals surface area contributed by atoms with Crippen molar-refractivity contribution in [1.82, 2.24) is 4.90 Å². The lowest BCUT2D eigenvalue weighted by Crippen LogP contribution is -2.30. The molecule has 2 amide bonds. The summed E-state index contributed by atoms with van der Waals surface area (Å²) in [6.45, 7) is 6.20. The lowest BCUT2D eigenvalue weighted by Gasteiger charge is -2.27. The molecule has 3 N–H and O–H groups in total. The molecule has 1 aromatic heterocycles. The molecule has 220 valence electrons. The molecule has 1 unspecified atom stereocenters. The number of nitrogens with zero attached hydrogens (tertiary/aromatic N) is 1. The summed E-state index contributed by atoms with van der Waals surface area (Å²) in [7, 11) is 0. The minimum atomic E-state index is -1.21. The first-order chi connectivity index (χ1) is 20.3. The Morgan fingerprint density at radius 2 is 1.86 bits per heavy atom. The van der Waals surface area contributed by atoms with Crippen LogP contribution in [0.5, 0.6) is 0 Å². The minimum absolute atomic E-state index is 0.230. The average Bonchev–Trinajstić information content (AvgIpc) is 3.32. The van der Waals surface area contributed by atoms with Crippen molar-refractivity contribution < 1.29 is 29.0 Å². The normalized spacial score (nSPS) is 13.8. The maximum atomic E-state index is 13.5. The molecule has 0 spiro atoms. The van der Waals surface area contributed by atoms with E-state index in [9.17, 15) is 19.2 Å². The summed E-state index contributed by atoms with van der Waals surface area (Å²) >= 11 is 2.77. The number of hydrogen-bond acceptors (Lipinski definition) is 8. The van der Waals surface area contributed by atoms with Crippen molar-refractivity contribution in [2.24, 2.45) is 0 Å². The second-order valence-corrected chi connectivity index (χ2v) is 11.9. The maximum Gasteiger partial charge on any atom is 0.341 e. The summed E-state index contributed by atoms with van der Waals surface area (Å²) in [5, 5.41) is 14.4. The van der Waals surface area contributed by atoms with Crippen molar-refractivity contribution in [1.29, 1.82) is 0 Å². The van der Waals surface area contributed by atoms with Gasteiger partial charge in [0, 0.05) is 47.2 Å². The summed E-state index contributed by atoms with van der Waals surface area (Å²) in [6, 6.07) is 17.2. The Labute approximate surface area is 253 Å². The van der Waals surface area contributed by atoms with Crippen LogP contribution in [0.1, 0.15) is 46.6 Å². The summed E-state index contributed by atoms with van der Waals surface area (Å²) in [5.41, 5.74) is 3.09. The molecule has 9 nitrogen and oxygen atoms in total. The monoisotopic (exact) mass is 607 g/mol. The number of carbonyl (C=O) groups is 4. The third-order valence-corrected chi connectivity index (χ3v) is 9.01. The lowest BCUT2D eigenvalue weighted by molar-refractivity contribution is -0.131. The first-order valence-corrected chi connectivity index (χ1v) is 15.3. The van der Waals surface area contributed by atoms with Crippen LogP contribution in [-0.2, 0) is 38.6 Å². The van der Waals surface area contributed by atoms with E-state index in [0.717, 1.165) is 40.6 Å². The molecular formula is C31H33N3O6S2. The molecular weight excluding hydrogens is 574 g/mol. The van der Waals surface area contributed by atoms with Crippen molar-refractivity contribution in [3.63, 3.8) is 0 Å². The van der Waals surface area contributed by atoms with Crippen LogP contribution in [-0.4, -0.2) is 52.2 Å². The number of rotatable bonds is 12. The number of anilines is 2. The van der Waals surface area contributed by atoms with Crippen LogP contribution in [0.15, 0.2) is 71.6 Å². The van der Waals surface area contributed by atoms with Crippen molar-refractivity contribution in [3.05, 3.63) is 88.3 Å². The Kier molecular flexibility index (Phi) is 10.9. The molecule has 0 radical (unpaired) electrons. The lowest BCUT2D eigenvalue weighted by atomic mass is 10.0. The standard InChI is InChI=1S/C31H33N3O6S2/c1-3-24(41-22-12-8-11-21(17-22)32-26(35)13-14-27(36)37)29(38)33-30-28(31(39)40-4-2)23-15-16-34(19-25(23)42-30)18-20-9-6-5-7-10-20/h5-14,17,24H,3-4,15-16,18-19H2,1-2H3,(H,32,35)(H,33,38)(H,36,37)/b14-13+. The van der Waals surface area contributed by atoms with Gasteiger partial charge in [0.05, 0.1) is 17.4 Å². The van der Waals surface area contributed by atoms with E-state index in [0.29, 0.717) is 35.6 Å². The van der Waals surface area contributed by atoms with Crippen LogP contribution in [0, 0.1) is 0 Å². The number of carbonyl (C=O) groups excluding carboxylic acids is 3. The van der Waals surface area contributed by atoms with Gasteiger partial charge in [-0.05, 0) is 49.1 Å². The van der Waals surface area contributed by atoms with E-state index in [2.05, 4.69) is 27.7 Å². The van der Waals surface area contributed by atoms with Crippen LogP contribution >= 0.6 is 23.1 Å². The summed E-state index contributed by atoms with van der Waals surface area (Å²) < 4.78 is 5.38. The average molecular weight is 608 g/mol. The molecule has 1 aliphatic heterocycles. The topological polar surface area (TPSA) is 125 Å². The molecule has 2 heterocycles. The van der Waals surface area contributed by atoms with E-state index in [4.69, 9.17) is 9.84 Å². The van der Waals surface area contributed by atoms with E-state index in [1.165, 1.54) is 28.7 Å². The number of nitrogens with one attached hydrogen (secondary N) is 2. The second kappa shape index (κ2) is 14.8. The largest absolute Gasteiger partial charge is 0.478 e. The highest BCUT2D eigenvalue weighted by molar-refractivity contribution is 8.00. The van der Waals surface area contributed by atoms with Crippen LogP contribution in [0.2, 0.25) is 0 Å². The maximum absolute atomic E-state index is 13.5. The molecule has 0 aliphatic carbocycles. The number of thiophene rings is 1. The van der Waals surface area contributed by atoms with Gasteiger partial charge in [0.1, 0.15) is 5.00 Å². The Morgan fingerprint density at radius 3 is 2.57 bits per heavy atom. The molecule has 0 saturated carbocycles. The molecule has 0 bridgehead atoms. The predicted molar refractivity (Wildman–Crippen MR) is 165 cm³/mol. The van der Waals surface area contributed by atoms with Gasteiger partial charge in [-0.15, -0.1) is 23.1 Å². The third-order valence-electron chi connectivity index (χ3n) is 6.52. The molecule has 11 heteroatoms. The number of fused-ring (bicyclic) bond motifs is 1. The van der Waals surface area contributed by atoms with Gasteiger partial charge in [0.15, 0.2) is 0 Å².